The van der Waals surface area contributed by atoms with Crippen LogP contribution in [0, 0.1) is 11.3 Å². The number of nitrogens with one attached hydrogen (secondary N) is 1. The SMILES string of the molecule is [N-]=[N+]=NCC(CN=[N+]=[N-])(CN=[N+]=[N-])C1CN=C(Cl)NC1. The Labute approximate surface area is 118 Å². The highest BCUT2D eigenvalue weighted by atomic mass is 35.5. The molecule has 0 spiro atoms. The van der Waals surface area contributed by atoms with Gasteiger partial charge in [0.15, 0.2) is 5.29 Å². The Morgan fingerprint density at radius 1 is 1.15 bits per heavy atom. The highest BCUT2D eigenvalue weighted by Crippen LogP contribution is 2.32. The molecule has 0 radical (unpaired) electrons. The van der Waals surface area contributed by atoms with Crippen molar-refractivity contribution in [1.82, 2.24) is 5.32 Å². The predicted molar refractivity (Wildman–Crippen MR) is 74.1 cm³/mol. The lowest BCUT2D eigenvalue weighted by molar-refractivity contribution is 0.190. The van der Waals surface area contributed by atoms with Crippen LogP contribution in [-0.2, 0) is 0 Å². The fourth-order valence-electron chi connectivity index (χ4n) is 1.98. The van der Waals surface area contributed by atoms with Gasteiger partial charge in [0.05, 0.1) is 0 Å². The minimum atomic E-state index is -0.779. The van der Waals surface area contributed by atoms with E-state index in [1.807, 2.05) is 0 Å². The number of hydrogen-bond acceptors (Lipinski definition) is 5. The first-order chi connectivity index (χ1) is 9.68. The Bertz CT molecular complexity index is 458. The minimum Gasteiger partial charge on any atom is -0.360 e. The molecule has 0 fully saturated rings. The number of nitrogens with zero attached hydrogens (tertiary/aromatic N) is 10. The van der Waals surface area contributed by atoms with Crippen LogP contribution in [0.3, 0.4) is 0 Å². The summed E-state index contributed by atoms with van der Waals surface area (Å²) in [5.41, 5.74) is 24.7. The molecule has 0 aromatic rings. The number of aliphatic imine (C=N–C) groups is 1. The van der Waals surface area contributed by atoms with Gasteiger partial charge in [0.1, 0.15) is 0 Å². The molecule has 0 aromatic carbocycles. The van der Waals surface area contributed by atoms with E-state index in [4.69, 9.17) is 28.2 Å². The molecule has 0 aromatic heterocycles. The quantitative estimate of drug-likeness (QED) is 0.324. The first-order valence-corrected chi connectivity index (χ1v) is 6.02. The molecule has 1 unspecified atom stereocenters. The van der Waals surface area contributed by atoms with E-state index in [9.17, 15) is 0 Å². The Morgan fingerprint density at radius 3 is 2.00 bits per heavy atom. The predicted octanol–water partition coefficient (Wildman–Crippen LogP) is 2.72. The molecule has 20 heavy (non-hydrogen) atoms. The highest BCUT2D eigenvalue weighted by molar-refractivity contribution is 6.64. The molecule has 1 rings (SSSR count). The van der Waals surface area contributed by atoms with Crippen LogP contribution in [0.25, 0.3) is 31.3 Å². The zero-order chi connectivity index (χ0) is 14.8. The van der Waals surface area contributed by atoms with Crippen molar-refractivity contribution in [3.05, 3.63) is 31.3 Å². The molecule has 0 amide bonds. The summed E-state index contributed by atoms with van der Waals surface area (Å²) in [5.74, 6) is -0.133. The van der Waals surface area contributed by atoms with Crippen molar-refractivity contribution in [2.45, 2.75) is 0 Å². The second-order valence-corrected chi connectivity index (χ2v) is 4.60. The van der Waals surface area contributed by atoms with E-state index in [0.717, 1.165) is 0 Å². The van der Waals surface area contributed by atoms with Crippen LogP contribution in [0.15, 0.2) is 20.3 Å². The van der Waals surface area contributed by atoms with Crippen LogP contribution in [-0.4, -0.2) is 38.0 Å². The fourth-order valence-corrected chi connectivity index (χ4v) is 2.13. The van der Waals surface area contributed by atoms with Crippen molar-refractivity contribution >= 4 is 16.9 Å². The van der Waals surface area contributed by atoms with E-state index < -0.39 is 5.41 Å². The molecular formula is C8H12ClN11. The van der Waals surface area contributed by atoms with E-state index in [1.54, 1.807) is 0 Å². The van der Waals surface area contributed by atoms with Crippen molar-refractivity contribution < 1.29 is 0 Å². The second-order valence-electron chi connectivity index (χ2n) is 4.24. The van der Waals surface area contributed by atoms with Gasteiger partial charge in [0, 0.05) is 53.4 Å². The number of azide groups is 3. The summed E-state index contributed by atoms with van der Waals surface area (Å²) in [5, 5.41) is 13.8. The molecule has 1 atom stereocenters. The van der Waals surface area contributed by atoms with Crippen LogP contribution in [0.4, 0.5) is 0 Å². The van der Waals surface area contributed by atoms with Crippen molar-refractivity contribution in [2.75, 3.05) is 32.7 Å². The van der Waals surface area contributed by atoms with Crippen LogP contribution in [0.1, 0.15) is 0 Å². The molecule has 12 heteroatoms. The Kier molecular flexibility index (Phi) is 6.28. The second kappa shape index (κ2) is 7.98. The summed E-state index contributed by atoms with van der Waals surface area (Å²) in [4.78, 5) is 12.2. The third kappa shape index (κ3) is 4.11. The third-order valence-corrected chi connectivity index (χ3v) is 3.41. The van der Waals surface area contributed by atoms with Crippen LogP contribution in [0.5, 0.6) is 0 Å². The lowest BCUT2D eigenvalue weighted by Crippen LogP contribution is -2.48. The first-order valence-electron chi connectivity index (χ1n) is 5.65. The first kappa shape index (κ1) is 15.7. The molecule has 106 valence electrons. The molecule has 11 nitrogen and oxygen atoms in total. The van der Waals surface area contributed by atoms with Gasteiger partial charge in [0.2, 0.25) is 0 Å². The van der Waals surface area contributed by atoms with Gasteiger partial charge in [-0.25, -0.2) is 0 Å². The number of rotatable bonds is 7. The molecule has 0 saturated carbocycles. The van der Waals surface area contributed by atoms with E-state index in [-0.39, 0.29) is 25.6 Å². The minimum absolute atomic E-state index is 0.0427. The molecule has 0 aliphatic carbocycles. The maximum atomic E-state index is 8.51. The monoisotopic (exact) mass is 297 g/mol. The molecular weight excluding hydrogens is 286 g/mol. The number of amidine groups is 1. The Balaban J connectivity index is 3.07. The lowest BCUT2D eigenvalue weighted by Gasteiger charge is -2.38. The third-order valence-electron chi connectivity index (χ3n) is 3.16. The van der Waals surface area contributed by atoms with Crippen molar-refractivity contribution in [1.29, 1.82) is 0 Å². The summed E-state index contributed by atoms with van der Waals surface area (Å²) in [6, 6.07) is 0. The maximum Gasteiger partial charge on any atom is 0.191 e. The van der Waals surface area contributed by atoms with Gasteiger partial charge in [-0.15, -0.1) is 0 Å². The normalized spacial score (nSPS) is 20.1. The summed E-state index contributed by atoms with van der Waals surface area (Å²) >= 11 is 5.74. The molecule has 1 aliphatic heterocycles. The lowest BCUT2D eigenvalue weighted by atomic mass is 9.74. The molecule has 1 N–H and O–H groups in total. The van der Waals surface area contributed by atoms with Crippen molar-refractivity contribution in [2.24, 2.45) is 31.7 Å². The molecule has 0 bridgehead atoms. The van der Waals surface area contributed by atoms with E-state index in [0.29, 0.717) is 18.4 Å². The standard InChI is InChI=1S/C8H12ClN11/c9-7-13-1-6(2-14-7)8(3-15-18-10,4-16-19-11)5-17-20-12/h6H,1-5H2,(H,13,14). The molecule has 1 aliphatic rings. The van der Waals surface area contributed by atoms with Crippen molar-refractivity contribution in [3.8, 4) is 0 Å². The molecule has 0 saturated heterocycles. The molecule has 1 heterocycles. The van der Waals surface area contributed by atoms with Gasteiger partial charge in [-0.2, -0.15) is 0 Å². The fraction of sp³-hybridized carbons (Fsp3) is 0.875. The zero-order valence-electron chi connectivity index (χ0n) is 10.5. The summed E-state index contributed by atoms with van der Waals surface area (Å²) < 4.78 is 0. The number of hydrogen-bond donors (Lipinski definition) is 1. The summed E-state index contributed by atoms with van der Waals surface area (Å²) in [6.07, 6.45) is 0. The topological polar surface area (TPSA) is 171 Å². The average Bonchev–Trinajstić information content (AvgIpc) is 2.48. The van der Waals surface area contributed by atoms with Crippen LogP contribution >= 0.6 is 11.6 Å². The van der Waals surface area contributed by atoms with Crippen LogP contribution < -0.4 is 5.32 Å². The van der Waals surface area contributed by atoms with E-state index in [2.05, 4.69) is 40.4 Å². The average molecular weight is 298 g/mol. The highest BCUT2D eigenvalue weighted by Gasteiger charge is 2.38. The summed E-state index contributed by atoms with van der Waals surface area (Å²) in [6.45, 7) is 0.961. The summed E-state index contributed by atoms with van der Waals surface area (Å²) in [7, 11) is 0. The van der Waals surface area contributed by atoms with Gasteiger partial charge in [-0.1, -0.05) is 15.3 Å². The van der Waals surface area contributed by atoms with E-state index in [1.165, 1.54) is 0 Å². The largest absolute Gasteiger partial charge is 0.360 e. The smallest absolute Gasteiger partial charge is 0.191 e. The van der Waals surface area contributed by atoms with E-state index >= 15 is 0 Å². The zero-order valence-corrected chi connectivity index (χ0v) is 11.2. The van der Waals surface area contributed by atoms with Gasteiger partial charge in [-0.05, 0) is 33.6 Å². The number of halogens is 1. The Morgan fingerprint density at radius 2 is 1.65 bits per heavy atom. The van der Waals surface area contributed by atoms with Crippen LogP contribution in [0.2, 0.25) is 0 Å². The van der Waals surface area contributed by atoms with Gasteiger partial charge in [0.25, 0.3) is 0 Å². The van der Waals surface area contributed by atoms with Gasteiger partial charge in [-0.3, -0.25) is 4.99 Å². The van der Waals surface area contributed by atoms with Gasteiger partial charge < -0.3 is 5.32 Å². The maximum absolute atomic E-state index is 8.51. The van der Waals surface area contributed by atoms with Gasteiger partial charge >= 0.3 is 0 Å². The Hall–Kier alpha value is -2.31. The van der Waals surface area contributed by atoms with Crippen molar-refractivity contribution in [3.63, 3.8) is 0 Å².